The van der Waals surface area contributed by atoms with Gasteiger partial charge in [0.2, 0.25) is 0 Å². The van der Waals surface area contributed by atoms with E-state index in [0.29, 0.717) is 33.5 Å². The van der Waals surface area contributed by atoms with Crippen molar-refractivity contribution in [1.29, 1.82) is 0 Å². The number of carbonyl (C=O) groups excluding carboxylic acids is 1. The second kappa shape index (κ2) is 8.80. The van der Waals surface area contributed by atoms with Crippen molar-refractivity contribution in [2.45, 2.75) is 6.54 Å². The van der Waals surface area contributed by atoms with Crippen LogP contribution in [-0.2, 0) is 6.54 Å². The molecule has 0 unspecified atom stereocenters. The van der Waals surface area contributed by atoms with E-state index in [4.69, 9.17) is 25.7 Å². The number of nitrogens with one attached hydrogen (secondary N) is 1. The molecule has 7 nitrogen and oxygen atoms in total. The van der Waals surface area contributed by atoms with E-state index in [2.05, 4.69) is 10.4 Å². The molecule has 0 atom stereocenters. The molecule has 33 heavy (non-hydrogen) atoms. The predicted octanol–water partition coefficient (Wildman–Crippen LogP) is 5.25. The number of amides is 1. The number of nitrogens with zero attached hydrogens (tertiary/aromatic N) is 3. The lowest BCUT2D eigenvalue weighted by Gasteiger charge is -2.09. The average molecular weight is 459 g/mol. The summed E-state index contributed by atoms with van der Waals surface area (Å²) >= 11 is 6.02. The highest BCUT2D eigenvalue weighted by Gasteiger charge is 2.17. The topological polar surface area (TPSA) is 81.7 Å². The van der Waals surface area contributed by atoms with Crippen LogP contribution in [0.3, 0.4) is 0 Å². The maximum absolute atomic E-state index is 13.1. The summed E-state index contributed by atoms with van der Waals surface area (Å²) in [5.74, 6) is 1.11. The second-order valence-electron chi connectivity index (χ2n) is 7.32. The molecule has 0 saturated heterocycles. The first-order chi connectivity index (χ1) is 16.1. The van der Waals surface area contributed by atoms with E-state index in [1.807, 2.05) is 42.5 Å². The van der Waals surface area contributed by atoms with Crippen LogP contribution in [0.25, 0.3) is 28.2 Å². The lowest BCUT2D eigenvalue weighted by Crippen LogP contribution is -2.25. The molecular weight excluding hydrogens is 440 g/mol. The van der Waals surface area contributed by atoms with Gasteiger partial charge >= 0.3 is 0 Å². The number of methoxy groups -OCH3 is 1. The van der Waals surface area contributed by atoms with E-state index in [-0.39, 0.29) is 12.5 Å². The van der Waals surface area contributed by atoms with Crippen LogP contribution in [0.2, 0.25) is 5.02 Å². The van der Waals surface area contributed by atoms with Gasteiger partial charge < -0.3 is 14.5 Å². The maximum Gasteiger partial charge on any atom is 0.270 e. The summed E-state index contributed by atoms with van der Waals surface area (Å²) in [7, 11) is 1.62. The Morgan fingerprint density at radius 3 is 2.45 bits per heavy atom. The molecule has 0 aliphatic heterocycles. The number of halogens is 1. The number of ether oxygens (including phenoxy) is 1. The van der Waals surface area contributed by atoms with Gasteiger partial charge in [0, 0.05) is 22.2 Å². The molecule has 0 aliphatic carbocycles. The Bertz CT molecular complexity index is 1410. The Hall–Kier alpha value is -4.10. The summed E-state index contributed by atoms with van der Waals surface area (Å²) in [6, 6.07) is 22.0. The second-order valence-corrected chi connectivity index (χ2v) is 7.76. The molecule has 1 amide bonds. The number of fused-ring (bicyclic) bond motifs is 1. The highest BCUT2D eigenvalue weighted by atomic mass is 35.5. The van der Waals surface area contributed by atoms with Crippen LogP contribution >= 0.6 is 11.6 Å². The van der Waals surface area contributed by atoms with Crippen molar-refractivity contribution in [3.05, 3.63) is 95.5 Å². The van der Waals surface area contributed by atoms with Crippen LogP contribution < -0.4 is 10.1 Å². The molecule has 0 saturated carbocycles. The summed E-state index contributed by atoms with van der Waals surface area (Å²) in [6.07, 6.45) is 1.57. The number of hydrogen-bond acceptors (Lipinski definition) is 5. The Morgan fingerprint density at radius 2 is 1.76 bits per heavy atom. The van der Waals surface area contributed by atoms with E-state index in [0.717, 1.165) is 16.9 Å². The lowest BCUT2D eigenvalue weighted by atomic mass is 10.1. The first-order valence-corrected chi connectivity index (χ1v) is 10.6. The third-order valence-corrected chi connectivity index (χ3v) is 5.44. The first kappa shape index (κ1) is 20.8. The van der Waals surface area contributed by atoms with Crippen molar-refractivity contribution in [1.82, 2.24) is 19.9 Å². The van der Waals surface area contributed by atoms with Gasteiger partial charge in [-0.15, -0.1) is 0 Å². The summed E-state index contributed by atoms with van der Waals surface area (Å²) in [5.41, 5.74) is 3.97. The summed E-state index contributed by atoms with van der Waals surface area (Å²) in [5, 5.41) is 8.18. The molecule has 5 aromatic rings. The van der Waals surface area contributed by atoms with Crippen LogP contribution in [0, 0.1) is 0 Å². The van der Waals surface area contributed by atoms with Gasteiger partial charge in [0.15, 0.2) is 5.65 Å². The van der Waals surface area contributed by atoms with Gasteiger partial charge in [-0.25, -0.2) is 9.50 Å². The van der Waals surface area contributed by atoms with Crippen LogP contribution in [0.5, 0.6) is 5.75 Å². The zero-order valence-electron chi connectivity index (χ0n) is 17.7. The van der Waals surface area contributed by atoms with Crippen LogP contribution in [0.1, 0.15) is 16.2 Å². The van der Waals surface area contributed by atoms with Crippen molar-refractivity contribution in [3.8, 4) is 28.3 Å². The number of aromatic nitrogens is 3. The van der Waals surface area contributed by atoms with Crippen LogP contribution in [0.15, 0.2) is 83.5 Å². The van der Waals surface area contributed by atoms with Crippen molar-refractivity contribution in [2.75, 3.05) is 7.11 Å². The number of benzene rings is 2. The zero-order valence-corrected chi connectivity index (χ0v) is 18.4. The summed E-state index contributed by atoms with van der Waals surface area (Å²) < 4.78 is 12.1. The quantitative estimate of drug-likeness (QED) is 0.376. The fourth-order valence-electron chi connectivity index (χ4n) is 3.48. The highest BCUT2D eigenvalue weighted by molar-refractivity contribution is 6.30. The van der Waals surface area contributed by atoms with Gasteiger partial charge in [-0.1, -0.05) is 23.7 Å². The molecule has 3 aromatic heterocycles. The number of hydrogen-bond donors (Lipinski definition) is 1. The van der Waals surface area contributed by atoms with E-state index in [1.54, 1.807) is 48.2 Å². The van der Waals surface area contributed by atoms with Gasteiger partial charge in [-0.05, 0) is 54.6 Å². The van der Waals surface area contributed by atoms with Crippen molar-refractivity contribution < 1.29 is 13.9 Å². The van der Waals surface area contributed by atoms with Gasteiger partial charge in [0.25, 0.3) is 5.91 Å². The molecule has 8 heteroatoms. The molecule has 0 aliphatic rings. The molecule has 1 N–H and O–H groups in total. The highest BCUT2D eigenvalue weighted by Crippen LogP contribution is 2.26. The molecule has 164 valence electrons. The van der Waals surface area contributed by atoms with Crippen LogP contribution in [-0.4, -0.2) is 27.6 Å². The molecule has 0 bridgehead atoms. The minimum absolute atomic E-state index is 0.263. The van der Waals surface area contributed by atoms with Crippen molar-refractivity contribution >= 4 is 23.2 Å². The van der Waals surface area contributed by atoms with E-state index < -0.39 is 0 Å². The maximum atomic E-state index is 13.1. The van der Waals surface area contributed by atoms with Gasteiger partial charge in [-0.3, -0.25) is 4.79 Å². The number of carbonyl (C=O) groups is 1. The monoisotopic (exact) mass is 458 g/mol. The lowest BCUT2D eigenvalue weighted by molar-refractivity contribution is 0.0940. The molecule has 0 spiro atoms. The zero-order chi connectivity index (χ0) is 22.8. The van der Waals surface area contributed by atoms with E-state index in [1.165, 1.54) is 0 Å². The minimum Gasteiger partial charge on any atom is -0.497 e. The Balaban J connectivity index is 1.58. The molecular formula is C25H19ClN4O3. The van der Waals surface area contributed by atoms with Gasteiger partial charge in [0.1, 0.15) is 17.2 Å². The Morgan fingerprint density at radius 1 is 1.03 bits per heavy atom. The van der Waals surface area contributed by atoms with Gasteiger partial charge in [0.05, 0.1) is 31.3 Å². The van der Waals surface area contributed by atoms with Crippen molar-refractivity contribution in [2.24, 2.45) is 0 Å². The fraction of sp³-hybridized carbons (Fsp3) is 0.0800. The minimum atomic E-state index is -0.292. The smallest absolute Gasteiger partial charge is 0.270 e. The Kier molecular flexibility index (Phi) is 5.54. The predicted molar refractivity (Wildman–Crippen MR) is 125 cm³/mol. The Labute approximate surface area is 194 Å². The van der Waals surface area contributed by atoms with Crippen LogP contribution in [0.4, 0.5) is 0 Å². The van der Waals surface area contributed by atoms with E-state index in [9.17, 15) is 4.79 Å². The standard InChI is InChI=1S/C25H19ClN4O3/c1-32-19-10-6-16(7-11-19)21-13-23(25(31)27-15-20-3-2-12-33-20)30-24(28-21)14-22(29-30)17-4-8-18(26)9-5-17/h2-14H,15H2,1H3,(H,27,31). The number of furan rings is 1. The molecule has 0 radical (unpaired) electrons. The largest absolute Gasteiger partial charge is 0.497 e. The average Bonchev–Trinajstić information content (AvgIpc) is 3.52. The summed E-state index contributed by atoms with van der Waals surface area (Å²) in [4.78, 5) is 17.9. The van der Waals surface area contributed by atoms with Crippen molar-refractivity contribution in [3.63, 3.8) is 0 Å². The summed E-state index contributed by atoms with van der Waals surface area (Å²) in [6.45, 7) is 0.263. The molecule has 2 aromatic carbocycles. The molecule has 0 fully saturated rings. The third kappa shape index (κ3) is 4.31. The molecule has 3 heterocycles. The number of rotatable bonds is 6. The third-order valence-electron chi connectivity index (χ3n) is 5.19. The van der Waals surface area contributed by atoms with E-state index >= 15 is 0 Å². The molecule has 5 rings (SSSR count). The SMILES string of the molecule is COc1ccc(-c2cc(C(=O)NCc3ccco3)n3nc(-c4ccc(Cl)cc4)cc3n2)cc1. The van der Waals surface area contributed by atoms with Gasteiger partial charge in [-0.2, -0.15) is 5.10 Å². The normalized spacial score (nSPS) is 11.0. The fourth-order valence-corrected chi connectivity index (χ4v) is 3.60. The first-order valence-electron chi connectivity index (χ1n) is 10.2.